The van der Waals surface area contributed by atoms with Crippen molar-refractivity contribution in [1.82, 2.24) is 10.6 Å². The zero-order valence-electron chi connectivity index (χ0n) is 21.0. The topological polar surface area (TPSA) is 54.3 Å². The minimum Gasteiger partial charge on any atom is -0.455 e. The molecule has 4 nitrogen and oxygen atoms in total. The highest BCUT2D eigenvalue weighted by atomic mass is 19.1. The van der Waals surface area contributed by atoms with Crippen LogP contribution in [-0.2, 0) is 19.6 Å². The molecule has 2 bridgehead atoms. The second kappa shape index (κ2) is 8.36. The fourth-order valence-corrected chi connectivity index (χ4v) is 5.93. The number of fused-ring (bicyclic) bond motifs is 9. The van der Waals surface area contributed by atoms with Crippen molar-refractivity contribution in [3.8, 4) is 11.1 Å². The Bertz CT molecular complexity index is 1920. The molecule has 2 N–H and O–H groups in total. The summed E-state index contributed by atoms with van der Waals surface area (Å²) in [5, 5.41) is 10.0. The number of benzene rings is 5. The number of hydrogen-bond acceptors (Lipinski definition) is 3. The van der Waals surface area contributed by atoms with E-state index in [9.17, 15) is 13.6 Å². The Kier molecular flexibility index (Phi) is 5.03. The molecule has 0 aliphatic carbocycles. The van der Waals surface area contributed by atoms with Crippen molar-refractivity contribution >= 4 is 38.6 Å². The molecule has 38 heavy (non-hydrogen) atoms. The number of carbonyl (C=O) groups excluding carboxylic acids is 1. The zero-order chi connectivity index (χ0) is 26.1. The van der Waals surface area contributed by atoms with Crippen LogP contribution in [0.2, 0.25) is 0 Å². The maximum atomic E-state index is 14.4. The van der Waals surface area contributed by atoms with Crippen LogP contribution in [0.3, 0.4) is 0 Å². The Labute approximate surface area is 217 Å². The molecule has 0 fully saturated rings. The van der Waals surface area contributed by atoms with Gasteiger partial charge in [-0.1, -0.05) is 12.1 Å². The molecule has 2 aromatic heterocycles. The van der Waals surface area contributed by atoms with E-state index in [0.717, 1.165) is 51.8 Å². The predicted molar refractivity (Wildman–Crippen MR) is 145 cm³/mol. The van der Waals surface area contributed by atoms with E-state index < -0.39 is 11.6 Å². The summed E-state index contributed by atoms with van der Waals surface area (Å²) >= 11 is 0. The van der Waals surface area contributed by atoms with Gasteiger partial charge < -0.3 is 15.1 Å². The van der Waals surface area contributed by atoms with Crippen LogP contribution in [0.1, 0.15) is 38.2 Å². The van der Waals surface area contributed by atoms with Crippen molar-refractivity contribution in [3.05, 3.63) is 106 Å². The van der Waals surface area contributed by atoms with E-state index in [1.165, 1.54) is 34.4 Å². The summed E-state index contributed by atoms with van der Waals surface area (Å²) in [5.74, 6) is -1.38. The molecule has 1 aliphatic rings. The quantitative estimate of drug-likeness (QED) is 0.247. The third kappa shape index (κ3) is 3.41. The molecule has 4 aromatic carbocycles. The van der Waals surface area contributed by atoms with Gasteiger partial charge in [-0.2, -0.15) is 0 Å². The van der Waals surface area contributed by atoms with Crippen LogP contribution in [-0.4, -0.2) is 5.91 Å². The molecular weight excluding hydrogens is 482 g/mol. The molecule has 0 atom stereocenters. The largest absolute Gasteiger partial charge is 0.455 e. The normalized spacial score (nSPS) is 13.2. The zero-order valence-corrected chi connectivity index (χ0v) is 21.0. The fourth-order valence-electron chi connectivity index (χ4n) is 5.93. The SMILES string of the molecule is Cc1cc2c(c(C)c1CNC(=O)c1ccc3c(c1)c1oc3c3ccc(-c4ccc(F)cc4F)cc31)CNC2. The number of nitrogens with one attached hydrogen (secondary N) is 2. The van der Waals surface area contributed by atoms with Gasteiger partial charge in [-0.15, -0.1) is 0 Å². The molecule has 188 valence electrons. The van der Waals surface area contributed by atoms with Gasteiger partial charge in [-0.05, 0) is 89.7 Å². The maximum absolute atomic E-state index is 14.4. The first-order valence-electron chi connectivity index (χ1n) is 12.7. The lowest BCUT2D eigenvalue weighted by molar-refractivity contribution is 0.0951. The molecule has 6 aromatic rings. The maximum Gasteiger partial charge on any atom is 0.251 e. The second-order valence-corrected chi connectivity index (χ2v) is 10.1. The third-order valence-electron chi connectivity index (χ3n) is 7.93. The lowest BCUT2D eigenvalue weighted by Gasteiger charge is -2.15. The summed E-state index contributed by atoms with van der Waals surface area (Å²) in [5.41, 5.74) is 9.14. The number of furan rings is 2. The van der Waals surface area contributed by atoms with Crippen molar-refractivity contribution in [2.45, 2.75) is 33.5 Å². The van der Waals surface area contributed by atoms with Crippen LogP contribution in [0.5, 0.6) is 0 Å². The number of halogens is 2. The lowest BCUT2D eigenvalue weighted by atomic mass is 9.94. The smallest absolute Gasteiger partial charge is 0.251 e. The van der Waals surface area contributed by atoms with Crippen LogP contribution in [0.4, 0.5) is 8.78 Å². The summed E-state index contributed by atoms with van der Waals surface area (Å²) in [4.78, 5) is 13.2. The standard InChI is InChI=1S/C32H24F2N2O2/c1-16-9-20-13-35-14-28(20)17(2)27(16)15-36-32(37)19-4-7-24-26(11-19)31-25-10-18(3-6-23(25)30(24)38-31)22-8-5-21(33)12-29(22)34/h3-12,35H,13-15H2,1-2H3,(H,36,37). The van der Waals surface area contributed by atoms with Crippen LogP contribution < -0.4 is 10.6 Å². The number of rotatable bonds is 4. The average molecular weight is 507 g/mol. The Balaban J connectivity index is 1.22. The molecule has 0 radical (unpaired) electrons. The van der Waals surface area contributed by atoms with Gasteiger partial charge in [-0.25, -0.2) is 8.78 Å². The lowest BCUT2D eigenvalue weighted by Crippen LogP contribution is -2.24. The van der Waals surface area contributed by atoms with Gasteiger partial charge in [0.25, 0.3) is 5.91 Å². The van der Waals surface area contributed by atoms with Crippen molar-refractivity contribution < 1.29 is 18.0 Å². The summed E-state index contributed by atoms with van der Waals surface area (Å²) in [6, 6.07) is 16.9. The van der Waals surface area contributed by atoms with Gasteiger partial charge in [0.1, 0.15) is 22.8 Å². The first-order valence-corrected chi connectivity index (χ1v) is 12.7. The van der Waals surface area contributed by atoms with Crippen LogP contribution >= 0.6 is 0 Å². The molecule has 0 unspecified atom stereocenters. The monoisotopic (exact) mass is 506 g/mol. The van der Waals surface area contributed by atoms with Gasteiger partial charge in [0, 0.05) is 58.4 Å². The van der Waals surface area contributed by atoms with Gasteiger partial charge in [0.15, 0.2) is 0 Å². The van der Waals surface area contributed by atoms with Gasteiger partial charge in [0.2, 0.25) is 0 Å². The first-order chi connectivity index (χ1) is 18.4. The molecule has 1 aliphatic heterocycles. The summed E-state index contributed by atoms with van der Waals surface area (Å²) in [7, 11) is 0. The number of amides is 1. The minimum absolute atomic E-state index is 0.152. The Hall–Kier alpha value is -4.29. The number of carbonyl (C=O) groups is 1. The first kappa shape index (κ1) is 22.9. The third-order valence-corrected chi connectivity index (χ3v) is 7.93. The van der Waals surface area contributed by atoms with Crippen molar-refractivity contribution in [3.63, 3.8) is 0 Å². The molecule has 0 spiro atoms. The van der Waals surface area contributed by atoms with E-state index in [2.05, 4.69) is 30.5 Å². The van der Waals surface area contributed by atoms with Gasteiger partial charge >= 0.3 is 0 Å². The Morgan fingerprint density at radius 2 is 1.66 bits per heavy atom. The molecule has 0 saturated carbocycles. The molecule has 6 heteroatoms. The van der Waals surface area contributed by atoms with Crippen LogP contribution in [0.25, 0.3) is 43.8 Å². The van der Waals surface area contributed by atoms with Crippen molar-refractivity contribution in [2.75, 3.05) is 0 Å². The van der Waals surface area contributed by atoms with E-state index in [1.807, 2.05) is 36.4 Å². The summed E-state index contributed by atoms with van der Waals surface area (Å²) in [6.45, 7) is 6.43. The number of aryl methyl sites for hydroxylation is 1. The van der Waals surface area contributed by atoms with E-state index in [1.54, 1.807) is 0 Å². The molecular formula is C32H24F2N2O2. The summed E-state index contributed by atoms with van der Waals surface area (Å²) < 4.78 is 34.0. The Morgan fingerprint density at radius 3 is 2.47 bits per heavy atom. The summed E-state index contributed by atoms with van der Waals surface area (Å²) in [6.07, 6.45) is 0. The highest BCUT2D eigenvalue weighted by molar-refractivity contribution is 6.26. The second-order valence-electron chi connectivity index (χ2n) is 10.1. The van der Waals surface area contributed by atoms with Crippen LogP contribution in [0.15, 0.2) is 65.1 Å². The molecule has 0 saturated heterocycles. The van der Waals surface area contributed by atoms with Gasteiger partial charge in [0.05, 0.1) is 0 Å². The van der Waals surface area contributed by atoms with E-state index >= 15 is 0 Å². The van der Waals surface area contributed by atoms with Crippen molar-refractivity contribution in [2.24, 2.45) is 0 Å². The number of hydrogen-bond donors (Lipinski definition) is 2. The van der Waals surface area contributed by atoms with E-state index in [0.29, 0.717) is 28.8 Å². The fraction of sp³-hybridized carbons (Fsp3) is 0.156. The predicted octanol–water partition coefficient (Wildman–Crippen LogP) is 7.27. The van der Waals surface area contributed by atoms with Gasteiger partial charge in [-0.3, -0.25) is 4.79 Å². The van der Waals surface area contributed by atoms with Crippen molar-refractivity contribution in [1.29, 1.82) is 0 Å². The molecule has 7 rings (SSSR count). The average Bonchev–Trinajstić information content (AvgIpc) is 3.62. The molecule has 1 amide bonds. The highest BCUT2D eigenvalue weighted by Gasteiger charge is 2.21. The minimum atomic E-state index is -0.615. The highest BCUT2D eigenvalue weighted by Crippen LogP contribution is 2.42. The van der Waals surface area contributed by atoms with E-state index in [4.69, 9.17) is 4.42 Å². The molecule has 3 heterocycles. The van der Waals surface area contributed by atoms with Crippen LogP contribution in [0, 0.1) is 25.5 Å². The van der Waals surface area contributed by atoms with E-state index in [-0.39, 0.29) is 5.91 Å². The Morgan fingerprint density at radius 1 is 0.895 bits per heavy atom.